The van der Waals surface area contributed by atoms with Crippen LogP contribution in [0.4, 0.5) is 0 Å². The predicted octanol–water partition coefficient (Wildman–Crippen LogP) is 4.13. The van der Waals surface area contributed by atoms with Crippen LogP contribution in [0.1, 0.15) is 90.4 Å². The van der Waals surface area contributed by atoms with Gasteiger partial charge in [0.15, 0.2) is 0 Å². The van der Waals surface area contributed by atoms with Crippen LogP contribution in [0.2, 0.25) is 0 Å². The normalized spacial score (nSPS) is 23.6. The first kappa shape index (κ1) is 25.6. The standard InChI is InChI=1S/C23H44O5/c1-2-3-4-5-6-7-8-9-10-11-12-13-14-15-16-17-27-18-21(25)23-22(26)20(24)19-28-23/h5-6,20-26H,2-4,7-19H2,1H3/b6-5+/t20-,21+,22+,23+/m0/s1. The molecule has 1 rings (SSSR count). The third-order valence-corrected chi connectivity index (χ3v) is 5.41. The van der Waals surface area contributed by atoms with E-state index in [1.54, 1.807) is 0 Å². The molecule has 1 saturated heterocycles. The van der Waals surface area contributed by atoms with Crippen LogP contribution < -0.4 is 0 Å². The number of ether oxygens (including phenoxy) is 2. The van der Waals surface area contributed by atoms with Gasteiger partial charge in [0.25, 0.3) is 0 Å². The molecular weight excluding hydrogens is 356 g/mol. The first-order valence-corrected chi connectivity index (χ1v) is 11.5. The van der Waals surface area contributed by atoms with Crippen LogP contribution in [0.5, 0.6) is 0 Å². The van der Waals surface area contributed by atoms with Gasteiger partial charge in [-0.2, -0.15) is 0 Å². The molecule has 1 fully saturated rings. The van der Waals surface area contributed by atoms with Crippen LogP contribution >= 0.6 is 0 Å². The lowest BCUT2D eigenvalue weighted by Gasteiger charge is -2.20. The van der Waals surface area contributed by atoms with Crippen LogP contribution in [0, 0.1) is 0 Å². The molecule has 3 N–H and O–H groups in total. The molecule has 0 spiro atoms. The fourth-order valence-electron chi connectivity index (χ4n) is 3.52. The Kier molecular flexibility index (Phi) is 15.9. The highest BCUT2D eigenvalue weighted by atomic mass is 16.5. The Balaban J connectivity index is 1.78. The second-order valence-corrected chi connectivity index (χ2v) is 8.08. The number of unbranched alkanes of at least 4 members (excludes halogenated alkanes) is 11. The summed E-state index contributed by atoms with van der Waals surface area (Å²) in [6.07, 6.45) is 17.6. The Morgan fingerprint density at radius 2 is 1.46 bits per heavy atom. The summed E-state index contributed by atoms with van der Waals surface area (Å²) in [5.74, 6) is 0. The Morgan fingerprint density at radius 3 is 2.04 bits per heavy atom. The largest absolute Gasteiger partial charge is 0.388 e. The average Bonchev–Trinajstić information content (AvgIpc) is 3.03. The van der Waals surface area contributed by atoms with Gasteiger partial charge in [0, 0.05) is 6.61 Å². The number of aliphatic hydroxyl groups is 3. The number of hydrogen-bond donors (Lipinski definition) is 3. The van der Waals surface area contributed by atoms with E-state index < -0.39 is 24.4 Å². The van der Waals surface area contributed by atoms with Crippen molar-refractivity contribution in [2.75, 3.05) is 19.8 Å². The summed E-state index contributed by atoms with van der Waals surface area (Å²) in [6.45, 7) is 3.07. The van der Waals surface area contributed by atoms with Crippen molar-refractivity contribution in [3.63, 3.8) is 0 Å². The van der Waals surface area contributed by atoms with E-state index in [2.05, 4.69) is 19.1 Å². The highest BCUT2D eigenvalue weighted by molar-refractivity contribution is 4.87. The van der Waals surface area contributed by atoms with E-state index in [1.165, 1.54) is 70.6 Å². The molecule has 1 heterocycles. The Bertz CT molecular complexity index is 374. The molecule has 1 aliphatic rings. The topological polar surface area (TPSA) is 79.2 Å². The van der Waals surface area contributed by atoms with Gasteiger partial charge in [0.2, 0.25) is 0 Å². The SMILES string of the molecule is CCCC/C=C/CCCCCCCCCCCOC[C@@H](O)[C@H]1OC[C@H](O)[C@H]1O. The van der Waals surface area contributed by atoms with Gasteiger partial charge in [0.1, 0.15) is 24.4 Å². The minimum absolute atomic E-state index is 0.0684. The smallest absolute Gasteiger partial charge is 0.114 e. The van der Waals surface area contributed by atoms with Crippen molar-refractivity contribution in [1.29, 1.82) is 0 Å². The minimum Gasteiger partial charge on any atom is -0.388 e. The molecule has 0 amide bonds. The van der Waals surface area contributed by atoms with Gasteiger partial charge in [-0.05, 0) is 25.7 Å². The molecule has 166 valence electrons. The van der Waals surface area contributed by atoms with Crippen molar-refractivity contribution in [3.8, 4) is 0 Å². The number of aliphatic hydroxyl groups excluding tert-OH is 3. The number of allylic oxidation sites excluding steroid dienone is 2. The van der Waals surface area contributed by atoms with Crippen molar-refractivity contribution in [3.05, 3.63) is 12.2 Å². The van der Waals surface area contributed by atoms with Crippen LogP contribution in [0.3, 0.4) is 0 Å². The molecule has 5 nitrogen and oxygen atoms in total. The predicted molar refractivity (Wildman–Crippen MR) is 113 cm³/mol. The van der Waals surface area contributed by atoms with Crippen LogP contribution in [0.15, 0.2) is 12.2 Å². The van der Waals surface area contributed by atoms with Crippen molar-refractivity contribution in [2.45, 2.75) is 115 Å². The summed E-state index contributed by atoms with van der Waals surface area (Å²) in [4.78, 5) is 0. The summed E-state index contributed by atoms with van der Waals surface area (Å²) in [7, 11) is 0. The molecule has 5 heteroatoms. The van der Waals surface area contributed by atoms with E-state index in [9.17, 15) is 15.3 Å². The Morgan fingerprint density at radius 1 is 0.893 bits per heavy atom. The Labute approximate surface area is 172 Å². The average molecular weight is 401 g/mol. The monoisotopic (exact) mass is 400 g/mol. The van der Waals surface area contributed by atoms with E-state index in [-0.39, 0.29) is 13.2 Å². The summed E-state index contributed by atoms with van der Waals surface area (Å²) < 4.78 is 10.7. The number of rotatable bonds is 18. The third-order valence-electron chi connectivity index (χ3n) is 5.41. The maximum atomic E-state index is 9.94. The zero-order valence-corrected chi connectivity index (χ0v) is 17.9. The van der Waals surface area contributed by atoms with E-state index in [0.29, 0.717) is 6.61 Å². The van der Waals surface area contributed by atoms with E-state index >= 15 is 0 Å². The van der Waals surface area contributed by atoms with Gasteiger partial charge in [0.05, 0.1) is 13.2 Å². The molecule has 0 radical (unpaired) electrons. The van der Waals surface area contributed by atoms with E-state index in [0.717, 1.165) is 12.8 Å². The maximum absolute atomic E-state index is 9.94. The van der Waals surface area contributed by atoms with Gasteiger partial charge in [-0.25, -0.2) is 0 Å². The van der Waals surface area contributed by atoms with E-state index in [4.69, 9.17) is 9.47 Å². The van der Waals surface area contributed by atoms with E-state index in [1.807, 2.05) is 0 Å². The fraction of sp³-hybridized carbons (Fsp3) is 0.913. The Hall–Kier alpha value is -0.460. The van der Waals surface area contributed by atoms with Gasteiger partial charge in [-0.3, -0.25) is 0 Å². The zero-order chi connectivity index (χ0) is 20.5. The molecule has 0 aliphatic carbocycles. The molecule has 0 bridgehead atoms. The van der Waals surface area contributed by atoms with Crippen LogP contribution in [-0.4, -0.2) is 59.6 Å². The fourth-order valence-corrected chi connectivity index (χ4v) is 3.52. The molecule has 0 saturated carbocycles. The molecule has 0 aromatic carbocycles. The highest BCUT2D eigenvalue weighted by Gasteiger charge is 2.39. The lowest BCUT2D eigenvalue weighted by Crippen LogP contribution is -2.40. The molecule has 28 heavy (non-hydrogen) atoms. The van der Waals surface area contributed by atoms with Gasteiger partial charge >= 0.3 is 0 Å². The van der Waals surface area contributed by atoms with Gasteiger partial charge in [-0.15, -0.1) is 0 Å². The first-order valence-electron chi connectivity index (χ1n) is 11.5. The summed E-state index contributed by atoms with van der Waals surface area (Å²) in [5, 5.41) is 29.0. The van der Waals surface area contributed by atoms with Crippen molar-refractivity contribution >= 4 is 0 Å². The van der Waals surface area contributed by atoms with Gasteiger partial charge in [-0.1, -0.05) is 76.9 Å². The lowest BCUT2D eigenvalue weighted by molar-refractivity contribution is -0.0813. The molecule has 0 unspecified atom stereocenters. The quantitative estimate of drug-likeness (QED) is 0.238. The second-order valence-electron chi connectivity index (χ2n) is 8.08. The minimum atomic E-state index is -1.03. The molecule has 0 aromatic rings. The summed E-state index contributed by atoms with van der Waals surface area (Å²) >= 11 is 0. The van der Waals surface area contributed by atoms with Gasteiger partial charge < -0.3 is 24.8 Å². The van der Waals surface area contributed by atoms with Crippen LogP contribution in [-0.2, 0) is 9.47 Å². The lowest BCUT2D eigenvalue weighted by atomic mass is 10.1. The zero-order valence-electron chi connectivity index (χ0n) is 17.9. The molecular formula is C23H44O5. The van der Waals surface area contributed by atoms with Crippen molar-refractivity contribution in [2.24, 2.45) is 0 Å². The molecule has 1 aliphatic heterocycles. The summed E-state index contributed by atoms with van der Waals surface area (Å²) in [6, 6.07) is 0. The van der Waals surface area contributed by atoms with Crippen molar-refractivity contribution < 1.29 is 24.8 Å². The maximum Gasteiger partial charge on any atom is 0.114 e. The molecule has 0 aromatic heterocycles. The summed E-state index contributed by atoms with van der Waals surface area (Å²) in [5.41, 5.74) is 0. The first-order chi connectivity index (χ1) is 13.7. The van der Waals surface area contributed by atoms with Crippen LogP contribution in [0.25, 0.3) is 0 Å². The van der Waals surface area contributed by atoms with Crippen molar-refractivity contribution in [1.82, 2.24) is 0 Å². The number of hydrogen-bond acceptors (Lipinski definition) is 5. The highest BCUT2D eigenvalue weighted by Crippen LogP contribution is 2.18. The second kappa shape index (κ2) is 17.4. The third kappa shape index (κ3) is 12.2. The molecule has 4 atom stereocenters.